The van der Waals surface area contributed by atoms with E-state index in [2.05, 4.69) is 15.6 Å². The molecule has 7 nitrogen and oxygen atoms in total. The molecule has 0 saturated heterocycles. The number of amides is 1. The monoisotopic (exact) mass is 424 g/mol. The summed E-state index contributed by atoms with van der Waals surface area (Å²) in [5, 5.41) is 6.01. The van der Waals surface area contributed by atoms with Crippen LogP contribution in [0.3, 0.4) is 0 Å². The number of aromatic nitrogens is 1. The lowest BCUT2D eigenvalue weighted by Crippen LogP contribution is -2.39. The largest absolute Gasteiger partial charge is 0.491 e. The van der Waals surface area contributed by atoms with Crippen LogP contribution in [0.1, 0.15) is 43.7 Å². The second-order valence-corrected chi connectivity index (χ2v) is 8.13. The Morgan fingerprint density at radius 3 is 2.55 bits per heavy atom. The van der Waals surface area contributed by atoms with Gasteiger partial charge >= 0.3 is 0 Å². The van der Waals surface area contributed by atoms with E-state index >= 15 is 0 Å². The van der Waals surface area contributed by atoms with Crippen LogP contribution in [0.15, 0.2) is 48.8 Å². The van der Waals surface area contributed by atoms with Crippen LogP contribution in [0.5, 0.6) is 5.75 Å². The molecule has 7 heteroatoms. The van der Waals surface area contributed by atoms with Crippen molar-refractivity contribution in [3.05, 3.63) is 54.4 Å². The van der Waals surface area contributed by atoms with E-state index in [1.165, 1.54) is 0 Å². The number of nitrogens with two attached hydrogens (primary N) is 1. The molecule has 4 N–H and O–H groups in total. The van der Waals surface area contributed by atoms with Crippen LogP contribution in [0.25, 0.3) is 0 Å². The van der Waals surface area contributed by atoms with Gasteiger partial charge in [0.2, 0.25) is 5.91 Å². The quantitative estimate of drug-likeness (QED) is 0.616. The van der Waals surface area contributed by atoms with Gasteiger partial charge in [-0.15, -0.1) is 0 Å². The second-order valence-electron chi connectivity index (χ2n) is 8.13. The number of para-hydroxylation sites is 1. The van der Waals surface area contributed by atoms with E-state index < -0.39 is 0 Å². The van der Waals surface area contributed by atoms with Crippen molar-refractivity contribution in [3.63, 3.8) is 0 Å². The number of nitrogens with zero attached hydrogens (tertiary/aromatic N) is 1. The van der Waals surface area contributed by atoms with Crippen LogP contribution in [-0.4, -0.2) is 36.9 Å². The molecule has 1 amide bonds. The first-order valence-corrected chi connectivity index (χ1v) is 10.9. The van der Waals surface area contributed by atoms with Gasteiger partial charge in [0.05, 0.1) is 6.04 Å². The molecule has 0 radical (unpaired) electrons. The Morgan fingerprint density at radius 2 is 1.90 bits per heavy atom. The average molecular weight is 425 g/mol. The number of fused-ring (bicyclic) bond motifs is 1. The molecule has 1 fully saturated rings. The molecule has 2 aliphatic rings. The predicted molar refractivity (Wildman–Crippen MR) is 121 cm³/mol. The molecule has 0 bridgehead atoms. The summed E-state index contributed by atoms with van der Waals surface area (Å²) in [6, 6.07) is 11.4. The molecule has 1 aromatic heterocycles. The summed E-state index contributed by atoms with van der Waals surface area (Å²) in [7, 11) is 1.88. The number of nitrogens with one attached hydrogen (secondary N) is 2. The molecule has 2 aromatic rings. The lowest BCUT2D eigenvalue weighted by molar-refractivity contribution is -0.122. The van der Waals surface area contributed by atoms with Gasteiger partial charge in [-0.05, 0) is 49.8 Å². The van der Waals surface area contributed by atoms with E-state index in [1.807, 2.05) is 43.4 Å². The molecule has 166 valence electrons. The van der Waals surface area contributed by atoms with E-state index in [0.717, 1.165) is 49.0 Å². The van der Waals surface area contributed by atoms with E-state index in [-0.39, 0.29) is 23.9 Å². The normalized spacial score (nSPS) is 22.7. The molecular formula is C24H32N4O3. The van der Waals surface area contributed by atoms with Gasteiger partial charge in [-0.2, -0.15) is 0 Å². The zero-order valence-electron chi connectivity index (χ0n) is 18.0. The van der Waals surface area contributed by atoms with Crippen molar-refractivity contribution < 1.29 is 14.3 Å². The van der Waals surface area contributed by atoms with Gasteiger partial charge in [0.15, 0.2) is 0 Å². The van der Waals surface area contributed by atoms with E-state index in [4.69, 9.17) is 10.5 Å². The van der Waals surface area contributed by atoms with Gasteiger partial charge in [0.25, 0.3) is 0 Å². The number of anilines is 1. The topological polar surface area (TPSA) is 106 Å². The first kappa shape index (κ1) is 22.7. The smallest absolute Gasteiger partial charge is 0.222 e. The highest BCUT2D eigenvalue weighted by molar-refractivity contribution is 5.77. The molecule has 2 heterocycles. The highest BCUT2D eigenvalue weighted by atomic mass is 16.5. The van der Waals surface area contributed by atoms with E-state index in [0.29, 0.717) is 18.9 Å². The summed E-state index contributed by atoms with van der Waals surface area (Å²) in [5.41, 5.74) is 8.35. The van der Waals surface area contributed by atoms with Crippen LogP contribution >= 0.6 is 0 Å². The van der Waals surface area contributed by atoms with Crippen LogP contribution in [0.2, 0.25) is 0 Å². The number of rotatable bonds is 6. The van der Waals surface area contributed by atoms with Crippen molar-refractivity contribution in [3.8, 4) is 5.75 Å². The molecule has 31 heavy (non-hydrogen) atoms. The number of hydrogen-bond acceptors (Lipinski definition) is 6. The fourth-order valence-electron chi connectivity index (χ4n) is 4.14. The van der Waals surface area contributed by atoms with Crippen molar-refractivity contribution in [2.24, 2.45) is 17.6 Å². The zero-order valence-corrected chi connectivity index (χ0v) is 18.0. The number of ether oxygens (including phenoxy) is 1. The van der Waals surface area contributed by atoms with Crippen LogP contribution in [-0.2, 0) is 9.59 Å². The van der Waals surface area contributed by atoms with Gasteiger partial charge in [-0.1, -0.05) is 18.2 Å². The van der Waals surface area contributed by atoms with Crippen molar-refractivity contribution in [1.29, 1.82) is 0 Å². The van der Waals surface area contributed by atoms with Gasteiger partial charge < -0.3 is 25.9 Å². The maximum atomic E-state index is 12.3. The second kappa shape index (κ2) is 11.5. The molecule has 2 unspecified atom stereocenters. The minimum atomic E-state index is -0.139. The highest BCUT2D eigenvalue weighted by Gasteiger charge is 2.29. The molecule has 1 saturated carbocycles. The molecule has 1 aliphatic carbocycles. The number of pyridine rings is 1. The zero-order chi connectivity index (χ0) is 22.1. The van der Waals surface area contributed by atoms with Crippen molar-refractivity contribution >= 4 is 17.9 Å². The van der Waals surface area contributed by atoms with Crippen LogP contribution in [0.4, 0.5) is 5.69 Å². The van der Waals surface area contributed by atoms with Gasteiger partial charge in [-0.3, -0.25) is 9.78 Å². The summed E-state index contributed by atoms with van der Waals surface area (Å²) >= 11 is 0. The standard InChI is InChI=1S/C18H24N2O3.C6H8N2/c19-15(13-7-5-12(10-21)6-8-13)9-18(22)20-16-11-23-17-4-2-1-3-14(16)17;1-7-6-2-4-8-5-3-6/h1-4,10,12-13,15-16H,5-9,11,19H2,(H,20,22);2-5H,1H3,(H,7,8). The van der Waals surface area contributed by atoms with Crippen molar-refractivity contribution in [2.75, 3.05) is 19.0 Å². The molecule has 1 aliphatic heterocycles. The molecule has 1 aromatic carbocycles. The Kier molecular flexibility index (Phi) is 8.41. The summed E-state index contributed by atoms with van der Waals surface area (Å²) in [6.07, 6.45) is 8.56. The number of hydrogen-bond donors (Lipinski definition) is 3. The SMILES string of the molecule is CNc1ccncc1.NC(CC(=O)NC1COc2ccccc21)C1CCC(C=O)CC1. The molecule has 0 spiro atoms. The Bertz CT molecular complexity index is 838. The van der Waals surface area contributed by atoms with Crippen molar-refractivity contribution in [1.82, 2.24) is 10.3 Å². The summed E-state index contributed by atoms with van der Waals surface area (Å²) in [5.74, 6) is 1.33. The first-order chi connectivity index (χ1) is 15.1. The Hall–Kier alpha value is -2.93. The Balaban J connectivity index is 0.000000287. The minimum absolute atomic E-state index is 0.0275. The third kappa shape index (κ3) is 6.52. The van der Waals surface area contributed by atoms with E-state index in [9.17, 15) is 9.59 Å². The Labute approximate surface area is 183 Å². The fourth-order valence-corrected chi connectivity index (χ4v) is 4.14. The molecule has 4 rings (SSSR count). The Morgan fingerprint density at radius 1 is 1.19 bits per heavy atom. The molecular weight excluding hydrogens is 392 g/mol. The van der Waals surface area contributed by atoms with Crippen LogP contribution < -0.4 is 21.1 Å². The third-order valence-corrected chi connectivity index (χ3v) is 6.04. The maximum absolute atomic E-state index is 12.3. The predicted octanol–water partition coefficient (Wildman–Crippen LogP) is 3.08. The average Bonchev–Trinajstić information content (AvgIpc) is 3.22. The number of benzene rings is 1. The summed E-state index contributed by atoms with van der Waals surface area (Å²) < 4.78 is 5.58. The highest BCUT2D eigenvalue weighted by Crippen LogP contribution is 2.32. The van der Waals surface area contributed by atoms with Gasteiger partial charge in [-0.25, -0.2) is 0 Å². The maximum Gasteiger partial charge on any atom is 0.222 e. The van der Waals surface area contributed by atoms with Gasteiger partial charge in [0.1, 0.15) is 18.6 Å². The summed E-state index contributed by atoms with van der Waals surface area (Å²) in [4.78, 5) is 26.9. The molecule has 2 atom stereocenters. The lowest BCUT2D eigenvalue weighted by atomic mass is 9.78. The van der Waals surface area contributed by atoms with E-state index in [1.54, 1.807) is 12.4 Å². The van der Waals surface area contributed by atoms with Gasteiger partial charge in [0, 0.05) is 49.1 Å². The number of aldehydes is 1. The minimum Gasteiger partial charge on any atom is -0.491 e. The number of carbonyl (C=O) groups is 2. The van der Waals surface area contributed by atoms with Crippen molar-refractivity contribution in [2.45, 2.75) is 44.2 Å². The first-order valence-electron chi connectivity index (χ1n) is 10.9. The lowest BCUT2D eigenvalue weighted by Gasteiger charge is -2.30. The summed E-state index contributed by atoms with van der Waals surface area (Å²) in [6.45, 7) is 0.477. The fraction of sp³-hybridized carbons (Fsp3) is 0.458. The third-order valence-electron chi connectivity index (χ3n) is 6.04. The number of carbonyl (C=O) groups excluding carboxylic acids is 2. The van der Waals surface area contributed by atoms with Crippen LogP contribution in [0, 0.1) is 11.8 Å².